The fraction of sp³-hybridized carbons (Fsp3) is 0.667. The molecule has 1 heterocycles. The average molecular weight is 288 g/mol. The Kier molecular flexibility index (Phi) is 4.23. The van der Waals surface area contributed by atoms with E-state index in [-0.39, 0.29) is 0 Å². The molecule has 2 rings (SSSR count). The summed E-state index contributed by atoms with van der Waals surface area (Å²) in [4.78, 5) is 1.43. The molecule has 1 unspecified atom stereocenters. The average Bonchev–Trinajstić information content (AvgIpc) is 2.95. The lowest BCUT2D eigenvalue weighted by Gasteiger charge is -2.15. The Morgan fingerprint density at radius 1 is 1.60 bits per heavy atom. The van der Waals surface area contributed by atoms with Crippen LogP contribution in [0.5, 0.6) is 0 Å². The van der Waals surface area contributed by atoms with Gasteiger partial charge < -0.3 is 5.32 Å². The van der Waals surface area contributed by atoms with Crippen LogP contribution in [0.1, 0.15) is 37.5 Å². The molecule has 1 aliphatic rings. The fourth-order valence-corrected chi connectivity index (χ4v) is 3.24. The first kappa shape index (κ1) is 11.6. The van der Waals surface area contributed by atoms with Crippen LogP contribution in [0.4, 0.5) is 0 Å². The molecule has 1 aliphatic carbocycles. The fourth-order valence-electron chi connectivity index (χ4n) is 1.84. The van der Waals surface area contributed by atoms with Crippen molar-refractivity contribution in [3.8, 4) is 0 Å². The Bertz CT molecular complexity index is 306. The highest BCUT2D eigenvalue weighted by atomic mass is 79.9. The van der Waals surface area contributed by atoms with E-state index < -0.39 is 0 Å². The molecular weight excluding hydrogens is 270 g/mol. The van der Waals surface area contributed by atoms with E-state index >= 15 is 0 Å². The lowest BCUT2D eigenvalue weighted by molar-refractivity contribution is 0.446. The highest BCUT2D eigenvalue weighted by Gasteiger charge is 2.24. The van der Waals surface area contributed by atoms with Crippen LogP contribution in [0.3, 0.4) is 0 Å². The third kappa shape index (κ3) is 3.89. The van der Waals surface area contributed by atoms with Gasteiger partial charge in [-0.3, -0.25) is 0 Å². The number of nitrogens with one attached hydrogen (secondary N) is 1. The van der Waals surface area contributed by atoms with Crippen LogP contribution in [0.2, 0.25) is 0 Å². The maximum Gasteiger partial charge on any atom is 0.0302 e. The van der Waals surface area contributed by atoms with Crippen molar-refractivity contribution in [2.24, 2.45) is 5.92 Å². The Balaban J connectivity index is 1.74. The lowest BCUT2D eigenvalue weighted by Crippen LogP contribution is -2.28. The summed E-state index contributed by atoms with van der Waals surface area (Å²) in [6.07, 6.45) is 5.55. The molecule has 15 heavy (non-hydrogen) atoms. The number of thiophene rings is 1. The number of halogens is 1. The van der Waals surface area contributed by atoms with Gasteiger partial charge in [0.1, 0.15) is 0 Å². The first-order valence-electron chi connectivity index (χ1n) is 5.74. The van der Waals surface area contributed by atoms with E-state index in [1.165, 1.54) is 35.0 Å². The summed E-state index contributed by atoms with van der Waals surface area (Å²) in [5.41, 5.74) is 0. The topological polar surface area (TPSA) is 12.0 Å². The molecule has 0 aromatic carbocycles. The Morgan fingerprint density at radius 3 is 2.93 bits per heavy atom. The Morgan fingerprint density at radius 2 is 2.40 bits per heavy atom. The highest BCUT2D eigenvalue weighted by Crippen LogP contribution is 2.34. The molecule has 0 radical (unpaired) electrons. The maximum absolute atomic E-state index is 3.66. The molecule has 0 saturated heterocycles. The molecular formula is C12H18BrNS. The first-order chi connectivity index (χ1) is 7.28. The predicted octanol–water partition coefficient (Wildman–Crippen LogP) is 4.18. The monoisotopic (exact) mass is 287 g/mol. The summed E-state index contributed by atoms with van der Waals surface area (Å²) in [6.45, 7) is 3.31. The zero-order valence-electron chi connectivity index (χ0n) is 9.13. The molecule has 1 nitrogen and oxygen atoms in total. The molecule has 1 fully saturated rings. The minimum absolute atomic E-state index is 0.721. The minimum Gasteiger partial charge on any atom is -0.309 e. The van der Waals surface area contributed by atoms with Crippen molar-refractivity contribution >= 4 is 27.3 Å². The molecule has 0 bridgehead atoms. The second kappa shape index (κ2) is 5.46. The SMILES string of the molecule is CCC(CC1CC1)NCc1cc(Br)cs1. The highest BCUT2D eigenvalue weighted by molar-refractivity contribution is 9.10. The van der Waals surface area contributed by atoms with Crippen LogP contribution >= 0.6 is 27.3 Å². The van der Waals surface area contributed by atoms with Crippen LogP contribution in [0.25, 0.3) is 0 Å². The molecule has 0 spiro atoms. The van der Waals surface area contributed by atoms with Gasteiger partial charge in [-0.25, -0.2) is 0 Å². The van der Waals surface area contributed by atoms with Crippen molar-refractivity contribution in [3.05, 3.63) is 20.8 Å². The Labute approximate surface area is 104 Å². The van der Waals surface area contributed by atoms with E-state index in [0.29, 0.717) is 0 Å². The van der Waals surface area contributed by atoms with Gasteiger partial charge in [-0.2, -0.15) is 0 Å². The second-order valence-corrected chi connectivity index (χ2v) is 6.31. The van der Waals surface area contributed by atoms with Crippen LogP contribution in [0.15, 0.2) is 15.9 Å². The molecule has 1 saturated carbocycles. The van der Waals surface area contributed by atoms with Gasteiger partial charge in [0.25, 0.3) is 0 Å². The van der Waals surface area contributed by atoms with Gasteiger partial charge in [-0.05, 0) is 40.8 Å². The summed E-state index contributed by atoms with van der Waals surface area (Å²) in [5, 5.41) is 5.81. The van der Waals surface area contributed by atoms with Crippen molar-refractivity contribution in [1.82, 2.24) is 5.32 Å². The van der Waals surface area contributed by atoms with E-state index in [9.17, 15) is 0 Å². The van der Waals surface area contributed by atoms with E-state index in [1.54, 1.807) is 0 Å². The normalized spacial score (nSPS) is 18.0. The number of hydrogen-bond donors (Lipinski definition) is 1. The molecule has 1 atom stereocenters. The zero-order valence-corrected chi connectivity index (χ0v) is 11.5. The summed E-state index contributed by atoms with van der Waals surface area (Å²) < 4.78 is 1.21. The smallest absolute Gasteiger partial charge is 0.0302 e. The molecule has 0 amide bonds. The molecule has 3 heteroatoms. The van der Waals surface area contributed by atoms with Gasteiger partial charge in [0.2, 0.25) is 0 Å². The zero-order chi connectivity index (χ0) is 10.7. The third-order valence-electron chi connectivity index (χ3n) is 2.99. The maximum atomic E-state index is 3.66. The van der Waals surface area contributed by atoms with Crippen molar-refractivity contribution in [2.45, 2.75) is 45.2 Å². The summed E-state index contributed by atoms with van der Waals surface area (Å²) in [6, 6.07) is 2.93. The quantitative estimate of drug-likeness (QED) is 0.828. The van der Waals surface area contributed by atoms with E-state index in [4.69, 9.17) is 0 Å². The Hall–Kier alpha value is 0.140. The van der Waals surface area contributed by atoms with Gasteiger partial charge in [0.05, 0.1) is 0 Å². The van der Waals surface area contributed by atoms with Crippen molar-refractivity contribution in [1.29, 1.82) is 0 Å². The van der Waals surface area contributed by atoms with Gasteiger partial charge in [0.15, 0.2) is 0 Å². The van der Waals surface area contributed by atoms with E-state index in [0.717, 1.165) is 18.5 Å². The second-order valence-electron chi connectivity index (χ2n) is 4.40. The van der Waals surface area contributed by atoms with E-state index in [2.05, 4.69) is 39.6 Å². The third-order valence-corrected chi connectivity index (χ3v) is 4.69. The predicted molar refractivity (Wildman–Crippen MR) is 70.3 cm³/mol. The van der Waals surface area contributed by atoms with Crippen molar-refractivity contribution in [2.75, 3.05) is 0 Å². The summed E-state index contributed by atoms with van der Waals surface area (Å²) in [7, 11) is 0. The lowest BCUT2D eigenvalue weighted by atomic mass is 10.1. The van der Waals surface area contributed by atoms with Gasteiger partial charge in [-0.1, -0.05) is 19.8 Å². The van der Waals surface area contributed by atoms with Gasteiger partial charge in [-0.15, -0.1) is 11.3 Å². The largest absolute Gasteiger partial charge is 0.309 e. The van der Waals surface area contributed by atoms with Gasteiger partial charge >= 0.3 is 0 Å². The molecule has 0 aliphatic heterocycles. The minimum atomic E-state index is 0.721. The van der Waals surface area contributed by atoms with E-state index in [1.807, 2.05) is 11.3 Å². The van der Waals surface area contributed by atoms with Crippen molar-refractivity contribution in [3.63, 3.8) is 0 Å². The molecule has 84 valence electrons. The number of rotatable bonds is 6. The van der Waals surface area contributed by atoms with Crippen molar-refractivity contribution < 1.29 is 0 Å². The van der Waals surface area contributed by atoms with Crippen LogP contribution in [-0.4, -0.2) is 6.04 Å². The van der Waals surface area contributed by atoms with Crippen LogP contribution in [0, 0.1) is 5.92 Å². The van der Waals surface area contributed by atoms with Crippen LogP contribution in [-0.2, 0) is 6.54 Å². The summed E-state index contributed by atoms with van der Waals surface area (Å²) >= 11 is 5.32. The number of hydrogen-bond acceptors (Lipinski definition) is 2. The van der Waals surface area contributed by atoms with Crippen LogP contribution < -0.4 is 5.32 Å². The molecule has 1 aromatic rings. The molecule has 1 aromatic heterocycles. The standard InChI is InChI=1S/C12H18BrNS/c1-2-11(5-9-3-4-9)14-7-12-6-10(13)8-15-12/h6,8-9,11,14H,2-5,7H2,1H3. The first-order valence-corrected chi connectivity index (χ1v) is 7.41. The summed E-state index contributed by atoms with van der Waals surface area (Å²) in [5.74, 6) is 1.03. The van der Waals surface area contributed by atoms with Gasteiger partial charge in [0, 0.05) is 27.3 Å². The molecule has 1 N–H and O–H groups in total.